The number of hydrogen-bond acceptors (Lipinski definition) is 6. The molecule has 0 radical (unpaired) electrons. The highest BCUT2D eigenvalue weighted by Crippen LogP contribution is 2.18. The smallest absolute Gasteiger partial charge is 0.240 e. The van der Waals surface area contributed by atoms with E-state index in [4.69, 9.17) is 4.42 Å². The maximum absolute atomic E-state index is 12.4. The number of hydrogen-bond donors (Lipinski definition) is 1. The molecule has 3 aromatic rings. The first-order valence-corrected chi connectivity index (χ1v) is 11.4. The third-order valence-corrected chi connectivity index (χ3v) is 6.36. The first kappa shape index (κ1) is 19.3. The Morgan fingerprint density at radius 3 is 2.37 bits per heavy atom. The first-order valence-electron chi connectivity index (χ1n) is 8.05. The van der Waals surface area contributed by atoms with Crippen LogP contribution in [-0.2, 0) is 26.3 Å². The quantitative estimate of drug-likeness (QED) is 0.645. The molecule has 2 aromatic carbocycles. The van der Waals surface area contributed by atoms with E-state index < -0.39 is 19.9 Å². The highest BCUT2D eigenvalue weighted by molar-refractivity contribution is 7.91. The van der Waals surface area contributed by atoms with Crippen LogP contribution in [0.4, 0.5) is 0 Å². The van der Waals surface area contributed by atoms with Gasteiger partial charge in [-0.3, -0.25) is 0 Å². The molecule has 0 saturated carbocycles. The molecular formula is C18H18N2O5S2. The zero-order chi connectivity index (χ0) is 19.5. The summed E-state index contributed by atoms with van der Waals surface area (Å²) >= 11 is 0. The summed E-state index contributed by atoms with van der Waals surface area (Å²) in [5, 5.41) is 0. The van der Waals surface area contributed by atoms with Gasteiger partial charge in [-0.15, -0.1) is 0 Å². The molecule has 1 aromatic heterocycles. The van der Waals surface area contributed by atoms with Crippen molar-refractivity contribution in [2.45, 2.75) is 16.2 Å². The van der Waals surface area contributed by atoms with E-state index in [9.17, 15) is 16.8 Å². The third kappa shape index (κ3) is 4.82. The SMILES string of the molecule is CS(=O)(=O)c1cccc(S(=O)(=O)NCCc2coc(-c3ccccc3)n2)c1. The highest BCUT2D eigenvalue weighted by Gasteiger charge is 2.17. The van der Waals surface area contributed by atoms with Crippen molar-refractivity contribution < 1.29 is 21.3 Å². The molecule has 9 heteroatoms. The van der Waals surface area contributed by atoms with Gasteiger partial charge in [0.05, 0.1) is 15.5 Å². The Hall–Kier alpha value is -2.49. The molecule has 0 aliphatic carbocycles. The standard InChI is InChI=1S/C18H18N2O5S2/c1-26(21,22)16-8-5-9-17(12-16)27(23,24)19-11-10-15-13-25-18(20-15)14-6-3-2-4-7-14/h2-9,12-13,19H,10-11H2,1H3. The summed E-state index contributed by atoms with van der Waals surface area (Å²) in [5.74, 6) is 0.467. The van der Waals surface area contributed by atoms with Gasteiger partial charge in [-0.1, -0.05) is 24.3 Å². The fourth-order valence-electron chi connectivity index (χ4n) is 2.40. The van der Waals surface area contributed by atoms with Crippen molar-refractivity contribution >= 4 is 19.9 Å². The maximum atomic E-state index is 12.4. The van der Waals surface area contributed by atoms with Gasteiger partial charge in [0.2, 0.25) is 15.9 Å². The highest BCUT2D eigenvalue weighted by atomic mass is 32.2. The number of nitrogens with zero attached hydrogens (tertiary/aromatic N) is 1. The van der Waals surface area contributed by atoms with Crippen molar-refractivity contribution in [2.75, 3.05) is 12.8 Å². The molecule has 142 valence electrons. The van der Waals surface area contributed by atoms with Crippen LogP contribution in [-0.4, -0.2) is 34.6 Å². The molecule has 0 aliphatic heterocycles. The van der Waals surface area contributed by atoms with E-state index in [2.05, 4.69) is 9.71 Å². The molecule has 1 heterocycles. The lowest BCUT2D eigenvalue weighted by Crippen LogP contribution is -2.26. The molecule has 1 N–H and O–H groups in total. The molecule has 0 unspecified atom stereocenters. The Bertz CT molecular complexity index is 1140. The second-order valence-corrected chi connectivity index (χ2v) is 9.69. The van der Waals surface area contributed by atoms with Crippen LogP contribution in [0.2, 0.25) is 0 Å². The van der Waals surface area contributed by atoms with Gasteiger partial charge < -0.3 is 4.42 Å². The zero-order valence-electron chi connectivity index (χ0n) is 14.5. The van der Waals surface area contributed by atoms with Crippen molar-refractivity contribution in [3.05, 3.63) is 66.6 Å². The average molecular weight is 406 g/mol. The predicted octanol–water partition coefficient (Wildman–Crippen LogP) is 2.27. The van der Waals surface area contributed by atoms with Crippen LogP contribution in [0.15, 0.2) is 75.1 Å². The van der Waals surface area contributed by atoms with E-state index in [1.54, 1.807) is 0 Å². The lowest BCUT2D eigenvalue weighted by molar-refractivity contribution is 0.570. The van der Waals surface area contributed by atoms with Crippen LogP contribution < -0.4 is 4.72 Å². The first-order chi connectivity index (χ1) is 12.8. The second kappa shape index (κ2) is 7.63. The van der Waals surface area contributed by atoms with Gasteiger partial charge in [-0.05, 0) is 30.3 Å². The molecule has 0 bridgehead atoms. The van der Waals surface area contributed by atoms with Crippen molar-refractivity contribution in [3.8, 4) is 11.5 Å². The topological polar surface area (TPSA) is 106 Å². The van der Waals surface area contributed by atoms with Gasteiger partial charge >= 0.3 is 0 Å². The fraction of sp³-hybridized carbons (Fsp3) is 0.167. The number of nitrogens with one attached hydrogen (secondary N) is 1. The van der Waals surface area contributed by atoms with Crippen molar-refractivity contribution in [1.82, 2.24) is 9.71 Å². The number of sulfonamides is 1. The summed E-state index contributed by atoms with van der Waals surface area (Å²) in [6, 6.07) is 14.6. The van der Waals surface area contributed by atoms with E-state index in [-0.39, 0.29) is 16.3 Å². The maximum Gasteiger partial charge on any atom is 0.240 e. The normalized spacial score (nSPS) is 12.2. The number of benzene rings is 2. The summed E-state index contributed by atoms with van der Waals surface area (Å²) in [6.45, 7) is 0.103. The monoisotopic (exact) mass is 406 g/mol. The van der Waals surface area contributed by atoms with Crippen molar-refractivity contribution in [3.63, 3.8) is 0 Å². The van der Waals surface area contributed by atoms with Crippen LogP contribution in [0.3, 0.4) is 0 Å². The molecule has 27 heavy (non-hydrogen) atoms. The number of aromatic nitrogens is 1. The van der Waals surface area contributed by atoms with E-state index in [1.165, 1.54) is 24.5 Å². The lowest BCUT2D eigenvalue weighted by Gasteiger charge is -2.07. The van der Waals surface area contributed by atoms with Crippen LogP contribution in [0.1, 0.15) is 5.69 Å². The summed E-state index contributed by atoms with van der Waals surface area (Å²) in [4.78, 5) is 4.19. The van der Waals surface area contributed by atoms with Gasteiger partial charge in [0.1, 0.15) is 6.26 Å². The minimum absolute atomic E-state index is 0.0469. The van der Waals surface area contributed by atoms with E-state index in [0.717, 1.165) is 17.9 Å². The second-order valence-electron chi connectivity index (χ2n) is 5.90. The van der Waals surface area contributed by atoms with Gasteiger partial charge in [-0.25, -0.2) is 26.5 Å². The van der Waals surface area contributed by atoms with Crippen LogP contribution in [0.25, 0.3) is 11.5 Å². The summed E-state index contributed by atoms with van der Waals surface area (Å²) < 4.78 is 55.8. The van der Waals surface area contributed by atoms with E-state index >= 15 is 0 Å². The Kier molecular flexibility index (Phi) is 5.45. The van der Waals surface area contributed by atoms with Crippen LogP contribution in [0, 0.1) is 0 Å². The molecular weight excluding hydrogens is 388 g/mol. The molecule has 7 nitrogen and oxygen atoms in total. The van der Waals surface area contributed by atoms with Crippen LogP contribution in [0.5, 0.6) is 0 Å². The van der Waals surface area contributed by atoms with Crippen molar-refractivity contribution in [2.24, 2.45) is 0 Å². The molecule has 0 atom stereocenters. The largest absolute Gasteiger partial charge is 0.444 e. The zero-order valence-corrected chi connectivity index (χ0v) is 16.1. The molecule has 3 rings (SSSR count). The molecule has 0 spiro atoms. The molecule has 0 amide bonds. The fourth-order valence-corrected chi connectivity index (χ4v) is 4.22. The summed E-state index contributed by atoms with van der Waals surface area (Å²) in [6.07, 6.45) is 2.85. The minimum Gasteiger partial charge on any atom is -0.444 e. The van der Waals surface area contributed by atoms with E-state index in [1.807, 2.05) is 30.3 Å². The van der Waals surface area contributed by atoms with Crippen LogP contribution >= 0.6 is 0 Å². The number of sulfone groups is 1. The van der Waals surface area contributed by atoms with Crippen molar-refractivity contribution in [1.29, 1.82) is 0 Å². The van der Waals surface area contributed by atoms with E-state index in [0.29, 0.717) is 18.0 Å². The van der Waals surface area contributed by atoms with Gasteiger partial charge in [-0.2, -0.15) is 0 Å². The average Bonchev–Trinajstić information content (AvgIpc) is 3.11. The van der Waals surface area contributed by atoms with Gasteiger partial charge in [0, 0.05) is 24.8 Å². The molecule has 0 saturated heterocycles. The predicted molar refractivity (Wildman–Crippen MR) is 100 cm³/mol. The third-order valence-electron chi connectivity index (χ3n) is 3.79. The summed E-state index contributed by atoms with van der Waals surface area (Å²) in [7, 11) is -7.32. The molecule has 0 aliphatic rings. The number of oxazole rings is 1. The Morgan fingerprint density at radius 1 is 0.963 bits per heavy atom. The Morgan fingerprint density at radius 2 is 1.67 bits per heavy atom. The van der Waals surface area contributed by atoms with Gasteiger partial charge in [0.25, 0.3) is 0 Å². The number of rotatable bonds is 7. The summed E-state index contributed by atoms with van der Waals surface area (Å²) in [5.41, 5.74) is 1.45. The Labute approximate surface area is 158 Å². The minimum atomic E-state index is -3.83. The lowest BCUT2D eigenvalue weighted by atomic mass is 10.2. The molecule has 0 fully saturated rings. The van der Waals surface area contributed by atoms with Gasteiger partial charge in [0.15, 0.2) is 9.84 Å². The Balaban J connectivity index is 1.66.